The third-order valence-corrected chi connectivity index (χ3v) is 8.51. The Balaban J connectivity index is 1.30. The van der Waals surface area contributed by atoms with E-state index in [1.165, 1.54) is 55.9 Å². The van der Waals surface area contributed by atoms with Crippen LogP contribution >= 0.6 is 11.8 Å². The topological polar surface area (TPSA) is 61.7 Å². The minimum atomic E-state index is -0.167. The second-order valence-corrected chi connectivity index (χ2v) is 10.8. The molecule has 1 heterocycles. The van der Waals surface area contributed by atoms with Gasteiger partial charge in [-0.25, -0.2) is 4.99 Å². The highest BCUT2D eigenvalue weighted by atomic mass is 32.2. The van der Waals surface area contributed by atoms with Crippen molar-refractivity contribution in [1.29, 1.82) is 0 Å². The number of benzene rings is 2. The Morgan fingerprint density at radius 2 is 1.68 bits per heavy atom. The average Bonchev–Trinajstić information content (AvgIpc) is 3.08. The zero-order valence-corrected chi connectivity index (χ0v) is 18.2. The standard InChI is InChI=1S/C26H26N2O2S/c29-22-7-6-20(26-13-16-8-17(14-26)10-18(9-16)15-26)11-19(22)12-23-24(30)28-25(31-23)27-21-4-2-1-3-5-21/h1-7,11-12,16-18,29H,8-10,13-15H2,(H,27,28,30). The molecule has 2 aromatic carbocycles. The summed E-state index contributed by atoms with van der Waals surface area (Å²) >= 11 is 1.32. The highest BCUT2D eigenvalue weighted by Gasteiger charge is 2.51. The van der Waals surface area contributed by atoms with Crippen molar-refractivity contribution in [2.75, 3.05) is 0 Å². The van der Waals surface area contributed by atoms with Crippen LogP contribution in [0.25, 0.3) is 6.08 Å². The van der Waals surface area contributed by atoms with Crippen LogP contribution in [0, 0.1) is 17.8 Å². The molecule has 0 radical (unpaired) electrons. The molecule has 5 fully saturated rings. The molecule has 2 aromatic rings. The van der Waals surface area contributed by atoms with Gasteiger partial charge in [0, 0.05) is 5.56 Å². The van der Waals surface area contributed by atoms with Crippen molar-refractivity contribution in [2.45, 2.75) is 43.9 Å². The Kier molecular flexibility index (Phi) is 4.49. The smallest absolute Gasteiger partial charge is 0.264 e. The van der Waals surface area contributed by atoms with Crippen LogP contribution in [0.3, 0.4) is 0 Å². The molecular formula is C26H26N2O2S. The summed E-state index contributed by atoms with van der Waals surface area (Å²) in [6.07, 6.45) is 9.89. The maximum Gasteiger partial charge on any atom is 0.264 e. The number of aliphatic imine (C=N–C) groups is 1. The van der Waals surface area contributed by atoms with Crippen LogP contribution in [0.5, 0.6) is 5.75 Å². The van der Waals surface area contributed by atoms with E-state index in [4.69, 9.17) is 0 Å². The van der Waals surface area contributed by atoms with E-state index in [1.54, 1.807) is 0 Å². The highest BCUT2D eigenvalue weighted by Crippen LogP contribution is 2.60. The summed E-state index contributed by atoms with van der Waals surface area (Å²) in [5, 5.41) is 14.0. The van der Waals surface area contributed by atoms with Crippen molar-refractivity contribution in [3.8, 4) is 5.75 Å². The van der Waals surface area contributed by atoms with Crippen molar-refractivity contribution in [3.05, 3.63) is 64.6 Å². The van der Waals surface area contributed by atoms with Crippen molar-refractivity contribution in [2.24, 2.45) is 22.7 Å². The summed E-state index contributed by atoms with van der Waals surface area (Å²) in [5.74, 6) is 2.67. The Morgan fingerprint density at radius 1 is 1.00 bits per heavy atom. The van der Waals surface area contributed by atoms with Crippen LogP contribution in [0.2, 0.25) is 0 Å². The van der Waals surface area contributed by atoms with Crippen molar-refractivity contribution >= 4 is 34.6 Å². The first-order valence-electron chi connectivity index (χ1n) is 11.2. The third-order valence-electron chi connectivity index (χ3n) is 7.60. The van der Waals surface area contributed by atoms with E-state index < -0.39 is 0 Å². The van der Waals surface area contributed by atoms with Gasteiger partial charge in [-0.2, -0.15) is 0 Å². The fraction of sp³-hybridized carbons (Fsp3) is 0.385. The number of para-hydroxylation sites is 1. The van der Waals surface area contributed by atoms with E-state index in [1.807, 2.05) is 42.5 Å². The first kappa shape index (κ1) is 19.2. The molecule has 7 rings (SSSR count). The number of amides is 1. The van der Waals surface area contributed by atoms with Gasteiger partial charge in [0.15, 0.2) is 5.17 Å². The molecule has 1 amide bonds. The molecule has 1 aliphatic heterocycles. The van der Waals surface area contributed by atoms with Crippen LogP contribution in [0.1, 0.15) is 49.7 Å². The number of phenols is 1. The monoisotopic (exact) mass is 430 g/mol. The zero-order chi connectivity index (χ0) is 21.0. The van der Waals surface area contributed by atoms with Gasteiger partial charge in [0.05, 0.1) is 10.6 Å². The molecule has 0 spiro atoms. The number of aromatic hydroxyl groups is 1. The molecule has 31 heavy (non-hydrogen) atoms. The maximum atomic E-state index is 12.5. The fourth-order valence-corrected chi connectivity index (χ4v) is 7.54. The number of hydrogen-bond donors (Lipinski definition) is 2. The second-order valence-electron chi connectivity index (χ2n) is 9.79. The van der Waals surface area contributed by atoms with Gasteiger partial charge in [-0.15, -0.1) is 0 Å². The van der Waals surface area contributed by atoms with Gasteiger partial charge in [-0.05, 0) is 109 Å². The van der Waals surface area contributed by atoms with Crippen molar-refractivity contribution < 1.29 is 9.90 Å². The normalized spacial score (nSPS) is 33.9. The molecule has 5 aliphatic rings. The van der Waals surface area contributed by atoms with E-state index in [0.29, 0.717) is 10.1 Å². The van der Waals surface area contributed by atoms with Gasteiger partial charge in [-0.3, -0.25) is 4.79 Å². The Morgan fingerprint density at radius 3 is 2.35 bits per heavy atom. The van der Waals surface area contributed by atoms with Crippen LogP contribution in [0.15, 0.2) is 58.4 Å². The van der Waals surface area contributed by atoms with Crippen LogP contribution in [-0.2, 0) is 10.2 Å². The lowest BCUT2D eigenvalue weighted by Gasteiger charge is -2.57. The van der Waals surface area contributed by atoms with Crippen LogP contribution in [-0.4, -0.2) is 16.2 Å². The zero-order valence-electron chi connectivity index (χ0n) is 17.4. The molecule has 1 saturated heterocycles. The third kappa shape index (κ3) is 3.49. The van der Waals surface area contributed by atoms with Gasteiger partial charge in [0.2, 0.25) is 0 Å². The summed E-state index contributed by atoms with van der Waals surface area (Å²) in [4.78, 5) is 17.6. The minimum absolute atomic E-state index is 0.167. The SMILES string of the molecule is O=C1NC(=Nc2ccccc2)SC1=Cc1cc(C23CC4CC(CC(C4)C2)C3)ccc1O. The lowest BCUT2D eigenvalue weighted by molar-refractivity contribution is -0.115. The molecule has 0 aromatic heterocycles. The second kappa shape index (κ2) is 7.27. The van der Waals surface area contributed by atoms with Gasteiger partial charge < -0.3 is 10.4 Å². The van der Waals surface area contributed by atoms with Crippen LogP contribution < -0.4 is 5.32 Å². The fourth-order valence-electron chi connectivity index (χ4n) is 6.71. The summed E-state index contributed by atoms with van der Waals surface area (Å²) in [7, 11) is 0. The molecule has 158 valence electrons. The molecule has 0 unspecified atom stereocenters. The first-order chi connectivity index (χ1) is 15.1. The number of thioether (sulfide) groups is 1. The van der Waals surface area contributed by atoms with E-state index >= 15 is 0 Å². The summed E-state index contributed by atoms with van der Waals surface area (Å²) in [6.45, 7) is 0. The predicted molar refractivity (Wildman–Crippen MR) is 125 cm³/mol. The first-order valence-corrected chi connectivity index (χ1v) is 12.1. The number of nitrogens with zero attached hydrogens (tertiary/aromatic N) is 1. The molecule has 4 nitrogen and oxygen atoms in total. The van der Waals surface area contributed by atoms with Gasteiger partial charge in [0.1, 0.15) is 5.75 Å². The molecule has 5 heteroatoms. The van der Waals surface area contributed by atoms with Gasteiger partial charge in [0.25, 0.3) is 5.91 Å². The molecule has 2 N–H and O–H groups in total. The van der Waals surface area contributed by atoms with E-state index in [-0.39, 0.29) is 17.1 Å². The number of carbonyl (C=O) groups excluding carboxylic acids is 1. The number of nitrogens with one attached hydrogen (secondary N) is 1. The number of phenolic OH excluding ortho intramolecular Hbond substituents is 1. The maximum absolute atomic E-state index is 12.5. The Hall–Kier alpha value is -2.53. The largest absolute Gasteiger partial charge is 0.507 e. The van der Waals surface area contributed by atoms with E-state index in [0.717, 1.165) is 29.0 Å². The number of carbonyl (C=O) groups is 1. The number of hydrogen-bond acceptors (Lipinski definition) is 4. The molecule has 4 bridgehead atoms. The quantitative estimate of drug-likeness (QED) is 0.609. The lowest BCUT2D eigenvalue weighted by atomic mass is 9.48. The predicted octanol–water partition coefficient (Wildman–Crippen LogP) is 5.75. The molecule has 4 saturated carbocycles. The van der Waals surface area contributed by atoms with Gasteiger partial charge in [-0.1, -0.05) is 24.3 Å². The lowest BCUT2D eigenvalue weighted by Crippen LogP contribution is -2.48. The number of rotatable bonds is 3. The summed E-state index contributed by atoms with van der Waals surface area (Å²) < 4.78 is 0. The van der Waals surface area contributed by atoms with Crippen molar-refractivity contribution in [3.63, 3.8) is 0 Å². The highest BCUT2D eigenvalue weighted by molar-refractivity contribution is 8.18. The summed E-state index contributed by atoms with van der Waals surface area (Å²) in [6, 6.07) is 15.7. The molecular weight excluding hydrogens is 404 g/mol. The van der Waals surface area contributed by atoms with Gasteiger partial charge >= 0.3 is 0 Å². The van der Waals surface area contributed by atoms with E-state index in [9.17, 15) is 9.90 Å². The number of amidine groups is 1. The average molecular weight is 431 g/mol. The van der Waals surface area contributed by atoms with Crippen LogP contribution in [0.4, 0.5) is 5.69 Å². The Labute approximate surface area is 186 Å². The van der Waals surface area contributed by atoms with Crippen molar-refractivity contribution in [1.82, 2.24) is 5.32 Å². The minimum Gasteiger partial charge on any atom is -0.507 e. The van der Waals surface area contributed by atoms with E-state index in [2.05, 4.69) is 22.4 Å². The summed E-state index contributed by atoms with van der Waals surface area (Å²) in [5.41, 5.74) is 3.14. The molecule has 0 atom stereocenters. The molecule has 4 aliphatic carbocycles. The Bertz CT molecular complexity index is 1070.